The number of anilines is 1. The number of aryl methyl sites for hydroxylation is 1. The third kappa shape index (κ3) is 7.59. The van der Waals surface area contributed by atoms with Gasteiger partial charge in [0, 0.05) is 23.9 Å². The highest BCUT2D eigenvalue weighted by Crippen LogP contribution is 2.22. The minimum Gasteiger partial charge on any atom is -0.494 e. The van der Waals surface area contributed by atoms with E-state index >= 15 is 0 Å². The smallest absolute Gasteiger partial charge is 0.124 e. The van der Waals surface area contributed by atoms with Crippen LogP contribution in [0.5, 0.6) is 17.2 Å². The van der Waals surface area contributed by atoms with Gasteiger partial charge in [0.05, 0.1) is 6.61 Å². The second-order valence-electron chi connectivity index (χ2n) is 7.94. The second-order valence-corrected chi connectivity index (χ2v) is 7.94. The Morgan fingerprint density at radius 3 is 2.09 bits per heavy atom. The van der Waals surface area contributed by atoms with Crippen molar-refractivity contribution in [1.82, 2.24) is 0 Å². The van der Waals surface area contributed by atoms with E-state index in [9.17, 15) is 0 Å². The second kappa shape index (κ2) is 12.9. The van der Waals surface area contributed by atoms with E-state index in [0.29, 0.717) is 26.4 Å². The number of para-hydroxylation sites is 2. The lowest BCUT2D eigenvalue weighted by Crippen LogP contribution is -2.11. The normalized spacial score (nSPS) is 10.5. The van der Waals surface area contributed by atoms with Gasteiger partial charge in [-0.05, 0) is 48.7 Å². The summed E-state index contributed by atoms with van der Waals surface area (Å²) in [5.41, 5.74) is 3.45. The Hall–Kier alpha value is -3.92. The molecule has 0 saturated carbocycles. The molecular weight excluding hydrogens is 422 g/mol. The maximum absolute atomic E-state index is 5.98. The van der Waals surface area contributed by atoms with Crippen LogP contribution >= 0.6 is 0 Å². The van der Waals surface area contributed by atoms with Crippen LogP contribution < -0.4 is 19.5 Å². The molecule has 4 aromatic carbocycles. The summed E-state index contributed by atoms with van der Waals surface area (Å²) in [4.78, 5) is 0. The van der Waals surface area contributed by atoms with Gasteiger partial charge < -0.3 is 19.5 Å². The first-order valence-corrected chi connectivity index (χ1v) is 11.8. The van der Waals surface area contributed by atoms with Gasteiger partial charge >= 0.3 is 0 Å². The summed E-state index contributed by atoms with van der Waals surface area (Å²) in [6.45, 7) is 2.33. The Morgan fingerprint density at radius 1 is 0.559 bits per heavy atom. The van der Waals surface area contributed by atoms with Crippen LogP contribution in [0.15, 0.2) is 109 Å². The van der Waals surface area contributed by atoms with Crippen LogP contribution in [0.4, 0.5) is 5.69 Å². The van der Waals surface area contributed by atoms with E-state index in [0.717, 1.165) is 41.3 Å². The van der Waals surface area contributed by atoms with Gasteiger partial charge in [-0.3, -0.25) is 0 Å². The van der Waals surface area contributed by atoms with E-state index in [2.05, 4.69) is 35.6 Å². The highest BCUT2D eigenvalue weighted by atomic mass is 16.5. The number of hydrogen-bond acceptors (Lipinski definition) is 4. The molecule has 174 valence electrons. The summed E-state index contributed by atoms with van der Waals surface area (Å²) < 4.78 is 17.7. The molecule has 4 aromatic rings. The molecule has 0 spiro atoms. The molecule has 0 heterocycles. The van der Waals surface area contributed by atoms with Gasteiger partial charge in [0.1, 0.15) is 30.5 Å². The van der Waals surface area contributed by atoms with Crippen molar-refractivity contribution in [2.24, 2.45) is 0 Å². The van der Waals surface area contributed by atoms with Crippen LogP contribution in [-0.4, -0.2) is 19.8 Å². The summed E-state index contributed by atoms with van der Waals surface area (Å²) in [5, 5.41) is 3.48. The van der Waals surface area contributed by atoms with E-state index in [1.54, 1.807) is 0 Å². The van der Waals surface area contributed by atoms with Gasteiger partial charge in [-0.1, -0.05) is 72.8 Å². The Bertz CT molecular complexity index is 1120. The summed E-state index contributed by atoms with van der Waals surface area (Å²) in [7, 11) is 0. The topological polar surface area (TPSA) is 39.7 Å². The number of nitrogens with one attached hydrogen (secondary N) is 1. The van der Waals surface area contributed by atoms with E-state index in [4.69, 9.17) is 14.2 Å². The van der Waals surface area contributed by atoms with Crippen molar-refractivity contribution in [2.45, 2.75) is 19.4 Å². The molecule has 0 aliphatic heterocycles. The predicted octanol–water partition coefficient (Wildman–Crippen LogP) is 6.77. The quantitative estimate of drug-likeness (QED) is 0.227. The highest BCUT2D eigenvalue weighted by molar-refractivity contribution is 5.49. The molecular formula is C30H31NO3. The fourth-order valence-corrected chi connectivity index (χ4v) is 3.62. The number of benzene rings is 4. The van der Waals surface area contributed by atoms with Gasteiger partial charge in [0.25, 0.3) is 0 Å². The molecule has 0 aliphatic carbocycles. The molecule has 0 saturated heterocycles. The molecule has 0 atom stereocenters. The van der Waals surface area contributed by atoms with Crippen LogP contribution in [-0.2, 0) is 13.0 Å². The molecule has 0 aromatic heterocycles. The molecule has 0 amide bonds. The molecule has 1 N–H and O–H groups in total. The first-order chi connectivity index (χ1) is 16.9. The highest BCUT2D eigenvalue weighted by Gasteiger charge is 2.04. The maximum Gasteiger partial charge on any atom is 0.124 e. The maximum atomic E-state index is 5.98. The van der Waals surface area contributed by atoms with Crippen LogP contribution in [0.3, 0.4) is 0 Å². The zero-order chi connectivity index (χ0) is 23.3. The average molecular weight is 454 g/mol. The Balaban J connectivity index is 1.22. The van der Waals surface area contributed by atoms with Crippen molar-refractivity contribution < 1.29 is 14.2 Å². The van der Waals surface area contributed by atoms with E-state index in [-0.39, 0.29) is 0 Å². The fraction of sp³-hybridized carbons (Fsp3) is 0.200. The molecule has 4 nitrogen and oxygen atoms in total. The monoisotopic (exact) mass is 453 g/mol. The molecule has 0 unspecified atom stereocenters. The fourth-order valence-electron chi connectivity index (χ4n) is 3.62. The van der Waals surface area contributed by atoms with E-state index in [1.807, 2.05) is 78.9 Å². The van der Waals surface area contributed by atoms with E-state index < -0.39 is 0 Å². The third-order valence-electron chi connectivity index (χ3n) is 5.36. The lowest BCUT2D eigenvalue weighted by Gasteiger charge is -2.14. The van der Waals surface area contributed by atoms with Crippen molar-refractivity contribution >= 4 is 5.69 Å². The summed E-state index contributed by atoms with van der Waals surface area (Å²) in [6, 6.07) is 36.5. The minimum atomic E-state index is 0.484. The van der Waals surface area contributed by atoms with Crippen molar-refractivity contribution in [3.05, 3.63) is 120 Å². The SMILES string of the molecule is c1ccc(CCCOc2cccc(NCc3ccccc3OCCOc3ccccc3)c2)cc1. The molecule has 0 radical (unpaired) electrons. The predicted molar refractivity (Wildman–Crippen MR) is 138 cm³/mol. The molecule has 4 rings (SSSR count). The third-order valence-corrected chi connectivity index (χ3v) is 5.36. The lowest BCUT2D eigenvalue weighted by atomic mass is 10.1. The van der Waals surface area contributed by atoms with Gasteiger partial charge in [-0.2, -0.15) is 0 Å². The Morgan fingerprint density at radius 2 is 1.24 bits per heavy atom. The molecule has 0 fully saturated rings. The summed E-state index contributed by atoms with van der Waals surface area (Å²) >= 11 is 0. The largest absolute Gasteiger partial charge is 0.494 e. The van der Waals surface area contributed by atoms with Crippen LogP contribution in [0.1, 0.15) is 17.5 Å². The van der Waals surface area contributed by atoms with Crippen molar-refractivity contribution in [2.75, 3.05) is 25.1 Å². The van der Waals surface area contributed by atoms with Gasteiger partial charge in [0.2, 0.25) is 0 Å². The molecule has 4 heteroatoms. The Labute approximate surface area is 202 Å². The number of rotatable bonds is 13. The Kier molecular flexibility index (Phi) is 8.85. The zero-order valence-electron chi connectivity index (χ0n) is 19.4. The van der Waals surface area contributed by atoms with Crippen LogP contribution in [0.25, 0.3) is 0 Å². The lowest BCUT2D eigenvalue weighted by molar-refractivity contribution is 0.216. The number of ether oxygens (including phenoxy) is 3. The summed E-state index contributed by atoms with van der Waals surface area (Å²) in [6.07, 6.45) is 2.01. The summed E-state index contributed by atoms with van der Waals surface area (Å²) in [5.74, 6) is 2.59. The standard InChI is InChI=1S/C30H31NO3/c1-3-11-25(12-4-1)13-10-20-32-29-18-9-15-27(23-29)31-24-26-14-7-8-19-30(26)34-22-21-33-28-16-5-2-6-17-28/h1-9,11-12,14-19,23,31H,10,13,20-22,24H2. The van der Waals surface area contributed by atoms with Crippen molar-refractivity contribution in [3.63, 3.8) is 0 Å². The molecule has 34 heavy (non-hydrogen) atoms. The van der Waals surface area contributed by atoms with Crippen LogP contribution in [0.2, 0.25) is 0 Å². The first-order valence-electron chi connectivity index (χ1n) is 11.8. The van der Waals surface area contributed by atoms with Gasteiger partial charge in [-0.25, -0.2) is 0 Å². The minimum absolute atomic E-state index is 0.484. The van der Waals surface area contributed by atoms with Crippen LogP contribution in [0, 0.1) is 0 Å². The average Bonchev–Trinajstić information content (AvgIpc) is 2.90. The van der Waals surface area contributed by atoms with Crippen molar-refractivity contribution in [3.8, 4) is 17.2 Å². The zero-order valence-corrected chi connectivity index (χ0v) is 19.4. The molecule has 0 bridgehead atoms. The molecule has 0 aliphatic rings. The number of hydrogen-bond donors (Lipinski definition) is 1. The van der Waals surface area contributed by atoms with E-state index in [1.165, 1.54) is 5.56 Å². The van der Waals surface area contributed by atoms with Gasteiger partial charge in [0.15, 0.2) is 0 Å². The van der Waals surface area contributed by atoms with Gasteiger partial charge in [-0.15, -0.1) is 0 Å². The van der Waals surface area contributed by atoms with Crippen molar-refractivity contribution in [1.29, 1.82) is 0 Å². The first kappa shape index (κ1) is 23.2.